The number of aryl methyl sites for hydroxylation is 1. The molecule has 2 aromatic heterocycles. The third kappa shape index (κ3) is 5.10. The highest BCUT2D eigenvalue weighted by molar-refractivity contribution is 5.92. The molecular weight excluding hydrogens is 338 g/mol. The molecule has 0 saturated carbocycles. The molecule has 2 heterocycles. The Kier molecular flexibility index (Phi) is 5.76. The molecule has 3 aromatic rings. The second kappa shape index (κ2) is 8.40. The zero-order chi connectivity index (χ0) is 19.2. The Morgan fingerprint density at radius 3 is 2.52 bits per heavy atom. The van der Waals surface area contributed by atoms with Crippen molar-refractivity contribution in [3.8, 4) is 0 Å². The Bertz CT molecular complexity index is 908. The standard InChI is InChI=1S/C21H23N5O/c1-14(2)16-7-9-17(10-8-16)25-21-24-15(3)12-19(26-21)20(27)23-13-18-6-4-5-11-22-18/h4-12,14H,13H2,1-3H3,(H,23,27)(H,24,25,26). The predicted octanol–water partition coefficient (Wildman–Crippen LogP) is 3.98. The van der Waals surface area contributed by atoms with Crippen LogP contribution in [0.2, 0.25) is 0 Å². The molecule has 0 radical (unpaired) electrons. The highest BCUT2D eigenvalue weighted by atomic mass is 16.1. The fourth-order valence-electron chi connectivity index (χ4n) is 2.59. The first kappa shape index (κ1) is 18.5. The van der Waals surface area contributed by atoms with Crippen LogP contribution >= 0.6 is 0 Å². The van der Waals surface area contributed by atoms with Crippen LogP contribution in [0.4, 0.5) is 11.6 Å². The lowest BCUT2D eigenvalue weighted by molar-refractivity contribution is 0.0945. The van der Waals surface area contributed by atoms with Crippen molar-refractivity contribution >= 4 is 17.5 Å². The summed E-state index contributed by atoms with van der Waals surface area (Å²) in [7, 11) is 0. The van der Waals surface area contributed by atoms with Crippen molar-refractivity contribution in [1.29, 1.82) is 0 Å². The Morgan fingerprint density at radius 2 is 1.85 bits per heavy atom. The predicted molar refractivity (Wildman–Crippen MR) is 106 cm³/mol. The largest absolute Gasteiger partial charge is 0.345 e. The van der Waals surface area contributed by atoms with E-state index in [9.17, 15) is 4.79 Å². The number of anilines is 2. The maximum absolute atomic E-state index is 12.4. The number of benzene rings is 1. The van der Waals surface area contributed by atoms with Gasteiger partial charge in [0.1, 0.15) is 5.69 Å². The number of hydrogen-bond acceptors (Lipinski definition) is 5. The summed E-state index contributed by atoms with van der Waals surface area (Å²) in [6.45, 7) is 6.50. The topological polar surface area (TPSA) is 79.8 Å². The number of aromatic nitrogens is 3. The number of pyridine rings is 1. The number of hydrogen-bond donors (Lipinski definition) is 2. The van der Waals surface area contributed by atoms with Gasteiger partial charge in [-0.05, 0) is 48.7 Å². The first-order valence-electron chi connectivity index (χ1n) is 8.92. The van der Waals surface area contributed by atoms with Gasteiger partial charge in [0.05, 0.1) is 12.2 Å². The fourth-order valence-corrected chi connectivity index (χ4v) is 2.59. The molecule has 1 aromatic carbocycles. The minimum absolute atomic E-state index is 0.260. The highest BCUT2D eigenvalue weighted by Crippen LogP contribution is 2.19. The zero-order valence-corrected chi connectivity index (χ0v) is 15.7. The van der Waals surface area contributed by atoms with Crippen LogP contribution in [0.15, 0.2) is 54.7 Å². The first-order valence-corrected chi connectivity index (χ1v) is 8.92. The molecule has 6 heteroatoms. The molecule has 138 valence electrons. The smallest absolute Gasteiger partial charge is 0.270 e. The molecule has 0 unspecified atom stereocenters. The fraction of sp³-hybridized carbons (Fsp3) is 0.238. The summed E-state index contributed by atoms with van der Waals surface area (Å²) in [5.41, 5.74) is 3.97. The van der Waals surface area contributed by atoms with Crippen LogP contribution in [0.25, 0.3) is 0 Å². The van der Waals surface area contributed by atoms with Gasteiger partial charge >= 0.3 is 0 Å². The Morgan fingerprint density at radius 1 is 1.07 bits per heavy atom. The van der Waals surface area contributed by atoms with Crippen LogP contribution in [0, 0.1) is 6.92 Å². The average molecular weight is 361 g/mol. The number of carbonyl (C=O) groups is 1. The van der Waals surface area contributed by atoms with Gasteiger partial charge in [-0.15, -0.1) is 0 Å². The van der Waals surface area contributed by atoms with Crippen molar-refractivity contribution in [3.05, 3.63) is 77.4 Å². The van der Waals surface area contributed by atoms with Crippen LogP contribution in [-0.2, 0) is 6.54 Å². The van der Waals surface area contributed by atoms with Gasteiger partial charge in [-0.1, -0.05) is 32.0 Å². The van der Waals surface area contributed by atoms with E-state index in [4.69, 9.17) is 0 Å². The van der Waals surface area contributed by atoms with Crippen molar-refractivity contribution in [2.24, 2.45) is 0 Å². The number of rotatable bonds is 6. The van der Waals surface area contributed by atoms with Gasteiger partial charge in [-0.2, -0.15) is 0 Å². The van der Waals surface area contributed by atoms with Gasteiger partial charge in [0.15, 0.2) is 0 Å². The van der Waals surface area contributed by atoms with E-state index in [1.165, 1.54) is 5.56 Å². The number of nitrogens with zero attached hydrogens (tertiary/aromatic N) is 3. The lowest BCUT2D eigenvalue weighted by atomic mass is 10.0. The molecule has 0 aliphatic rings. The van der Waals surface area contributed by atoms with E-state index in [1.54, 1.807) is 12.3 Å². The Hall–Kier alpha value is -3.28. The monoisotopic (exact) mass is 361 g/mol. The molecule has 0 bridgehead atoms. The van der Waals surface area contributed by atoms with E-state index >= 15 is 0 Å². The summed E-state index contributed by atoms with van der Waals surface area (Å²) in [5.74, 6) is 0.614. The molecule has 0 atom stereocenters. The number of amides is 1. The van der Waals surface area contributed by atoms with Crippen LogP contribution in [0.3, 0.4) is 0 Å². The van der Waals surface area contributed by atoms with Crippen molar-refractivity contribution in [3.63, 3.8) is 0 Å². The molecule has 27 heavy (non-hydrogen) atoms. The van der Waals surface area contributed by atoms with Gasteiger partial charge in [0.25, 0.3) is 5.91 Å². The van der Waals surface area contributed by atoms with Gasteiger partial charge in [0, 0.05) is 17.6 Å². The van der Waals surface area contributed by atoms with Gasteiger partial charge in [-0.25, -0.2) is 9.97 Å². The molecule has 2 N–H and O–H groups in total. The van der Waals surface area contributed by atoms with Gasteiger partial charge < -0.3 is 10.6 Å². The second-order valence-electron chi connectivity index (χ2n) is 6.62. The normalized spacial score (nSPS) is 10.7. The van der Waals surface area contributed by atoms with E-state index in [0.29, 0.717) is 29.8 Å². The van der Waals surface area contributed by atoms with E-state index < -0.39 is 0 Å². The van der Waals surface area contributed by atoms with Crippen LogP contribution in [-0.4, -0.2) is 20.9 Å². The Labute approximate surface area is 159 Å². The zero-order valence-electron chi connectivity index (χ0n) is 15.7. The third-order valence-corrected chi connectivity index (χ3v) is 4.08. The summed E-state index contributed by atoms with van der Waals surface area (Å²) >= 11 is 0. The molecule has 0 fully saturated rings. The van der Waals surface area contributed by atoms with Crippen LogP contribution < -0.4 is 10.6 Å². The quantitative estimate of drug-likeness (QED) is 0.694. The minimum Gasteiger partial charge on any atom is -0.345 e. The number of carbonyl (C=O) groups excluding carboxylic acids is 1. The lowest BCUT2D eigenvalue weighted by Gasteiger charge is -2.10. The van der Waals surface area contributed by atoms with E-state index in [0.717, 1.165) is 11.4 Å². The van der Waals surface area contributed by atoms with Crippen molar-refractivity contribution < 1.29 is 4.79 Å². The molecular formula is C21H23N5O. The van der Waals surface area contributed by atoms with Crippen LogP contribution in [0.1, 0.15) is 47.2 Å². The summed E-state index contributed by atoms with van der Waals surface area (Å²) in [6, 6.07) is 15.4. The molecule has 6 nitrogen and oxygen atoms in total. The molecule has 0 saturated heterocycles. The van der Waals surface area contributed by atoms with Crippen molar-refractivity contribution in [2.75, 3.05) is 5.32 Å². The van der Waals surface area contributed by atoms with Gasteiger partial charge in [0.2, 0.25) is 5.95 Å². The average Bonchev–Trinajstić information content (AvgIpc) is 2.67. The van der Waals surface area contributed by atoms with E-state index in [1.807, 2.05) is 37.3 Å². The third-order valence-electron chi connectivity index (χ3n) is 4.08. The highest BCUT2D eigenvalue weighted by Gasteiger charge is 2.11. The first-order chi connectivity index (χ1) is 13.0. The Balaban J connectivity index is 1.70. The molecule has 1 amide bonds. The van der Waals surface area contributed by atoms with Crippen molar-refractivity contribution in [2.45, 2.75) is 33.2 Å². The second-order valence-corrected chi connectivity index (χ2v) is 6.62. The maximum Gasteiger partial charge on any atom is 0.270 e. The summed E-state index contributed by atoms with van der Waals surface area (Å²) in [6.07, 6.45) is 1.70. The van der Waals surface area contributed by atoms with E-state index in [-0.39, 0.29) is 5.91 Å². The SMILES string of the molecule is Cc1cc(C(=O)NCc2ccccn2)nc(Nc2ccc(C(C)C)cc2)n1. The maximum atomic E-state index is 12.4. The minimum atomic E-state index is -0.260. The summed E-state index contributed by atoms with van der Waals surface area (Å²) in [5, 5.41) is 6.00. The number of nitrogens with one attached hydrogen (secondary N) is 2. The van der Waals surface area contributed by atoms with Gasteiger partial charge in [-0.3, -0.25) is 9.78 Å². The van der Waals surface area contributed by atoms with E-state index in [2.05, 4.69) is 51.6 Å². The lowest BCUT2D eigenvalue weighted by Crippen LogP contribution is -2.24. The van der Waals surface area contributed by atoms with Crippen molar-refractivity contribution in [1.82, 2.24) is 20.3 Å². The van der Waals surface area contributed by atoms with Crippen LogP contribution in [0.5, 0.6) is 0 Å². The molecule has 0 spiro atoms. The molecule has 0 aliphatic carbocycles. The molecule has 0 aliphatic heterocycles. The summed E-state index contributed by atoms with van der Waals surface area (Å²) in [4.78, 5) is 25.3. The summed E-state index contributed by atoms with van der Waals surface area (Å²) < 4.78 is 0. The molecule has 3 rings (SSSR count).